The Labute approximate surface area is 143 Å². The van der Waals surface area contributed by atoms with E-state index in [4.69, 9.17) is 0 Å². The standard InChI is InChI=1S/C17H24N2O4S/c1-17(2,3)13-7-5-12(6-8-13)11-19-15(20)14(18-16(19)21)9-10-24(4,22)23/h5-8,14H,9-11H2,1-4H3,(H,18,21)/t14-/m1/s1. The minimum atomic E-state index is -3.17. The molecule has 0 unspecified atom stereocenters. The molecule has 2 rings (SSSR count). The number of nitrogens with one attached hydrogen (secondary N) is 1. The van der Waals surface area contributed by atoms with E-state index in [0.717, 1.165) is 16.7 Å². The summed E-state index contributed by atoms with van der Waals surface area (Å²) in [6, 6.07) is 6.57. The average Bonchev–Trinajstić information content (AvgIpc) is 2.72. The van der Waals surface area contributed by atoms with Crippen molar-refractivity contribution >= 4 is 21.8 Å². The highest BCUT2D eigenvalue weighted by atomic mass is 32.2. The number of urea groups is 1. The number of carbonyl (C=O) groups excluding carboxylic acids is 2. The first-order valence-corrected chi connectivity index (χ1v) is 9.92. The Kier molecular flexibility index (Phi) is 5.03. The summed E-state index contributed by atoms with van der Waals surface area (Å²) in [6.07, 6.45) is 1.21. The van der Waals surface area contributed by atoms with Gasteiger partial charge in [0.1, 0.15) is 15.9 Å². The average molecular weight is 352 g/mol. The lowest BCUT2D eigenvalue weighted by atomic mass is 9.87. The molecule has 3 amide bonds. The highest BCUT2D eigenvalue weighted by Crippen LogP contribution is 2.23. The van der Waals surface area contributed by atoms with E-state index < -0.39 is 21.9 Å². The Balaban J connectivity index is 2.04. The Morgan fingerprint density at radius 2 is 1.71 bits per heavy atom. The van der Waals surface area contributed by atoms with Crippen LogP contribution >= 0.6 is 0 Å². The maximum Gasteiger partial charge on any atom is 0.325 e. The highest BCUT2D eigenvalue weighted by molar-refractivity contribution is 7.90. The highest BCUT2D eigenvalue weighted by Gasteiger charge is 2.37. The number of imide groups is 1. The van der Waals surface area contributed by atoms with Crippen molar-refractivity contribution in [2.24, 2.45) is 0 Å². The van der Waals surface area contributed by atoms with Gasteiger partial charge >= 0.3 is 6.03 Å². The molecule has 1 saturated heterocycles. The van der Waals surface area contributed by atoms with Crippen LogP contribution in [0.15, 0.2) is 24.3 Å². The number of rotatable bonds is 5. The molecule has 6 nitrogen and oxygen atoms in total. The molecule has 0 radical (unpaired) electrons. The SMILES string of the molecule is CC(C)(C)c1ccc(CN2C(=O)N[C@H](CCS(C)(=O)=O)C2=O)cc1. The van der Waals surface area contributed by atoms with Crippen LogP contribution < -0.4 is 5.32 Å². The minimum Gasteiger partial charge on any atom is -0.326 e. The molecule has 24 heavy (non-hydrogen) atoms. The summed E-state index contributed by atoms with van der Waals surface area (Å²) in [4.78, 5) is 25.4. The number of hydrogen-bond acceptors (Lipinski definition) is 4. The summed E-state index contributed by atoms with van der Waals surface area (Å²) in [7, 11) is -3.17. The third kappa shape index (κ3) is 4.56. The molecule has 1 heterocycles. The third-order valence-corrected chi connectivity index (χ3v) is 5.02. The maximum atomic E-state index is 12.3. The first-order valence-electron chi connectivity index (χ1n) is 7.86. The second-order valence-electron chi connectivity index (χ2n) is 7.29. The van der Waals surface area contributed by atoms with Crippen molar-refractivity contribution < 1.29 is 18.0 Å². The van der Waals surface area contributed by atoms with Crippen molar-refractivity contribution in [1.29, 1.82) is 0 Å². The van der Waals surface area contributed by atoms with Crippen molar-refractivity contribution in [2.75, 3.05) is 12.0 Å². The summed E-state index contributed by atoms with van der Waals surface area (Å²) in [5.41, 5.74) is 2.07. The molecule has 0 aliphatic carbocycles. The quantitative estimate of drug-likeness (QED) is 0.820. The molecule has 1 aliphatic heterocycles. The zero-order valence-electron chi connectivity index (χ0n) is 14.5. The van der Waals surface area contributed by atoms with Gasteiger partial charge in [-0.3, -0.25) is 9.69 Å². The molecule has 1 atom stereocenters. The van der Waals surface area contributed by atoms with Crippen molar-refractivity contribution in [3.05, 3.63) is 35.4 Å². The molecule has 0 aromatic heterocycles. The van der Waals surface area contributed by atoms with Crippen molar-refractivity contribution in [1.82, 2.24) is 10.2 Å². The zero-order chi connectivity index (χ0) is 18.1. The lowest BCUT2D eigenvalue weighted by Crippen LogP contribution is -2.32. The molecule has 1 fully saturated rings. The number of carbonyl (C=O) groups is 2. The lowest BCUT2D eigenvalue weighted by molar-refractivity contribution is -0.127. The van der Waals surface area contributed by atoms with Crippen molar-refractivity contribution in [3.8, 4) is 0 Å². The van der Waals surface area contributed by atoms with Crippen molar-refractivity contribution in [2.45, 2.75) is 45.2 Å². The van der Waals surface area contributed by atoms with E-state index in [1.165, 1.54) is 5.56 Å². The van der Waals surface area contributed by atoms with E-state index in [9.17, 15) is 18.0 Å². The van der Waals surface area contributed by atoms with E-state index in [-0.39, 0.29) is 30.0 Å². The Hall–Kier alpha value is -1.89. The molecular formula is C17H24N2O4S. The molecule has 0 bridgehead atoms. The van der Waals surface area contributed by atoms with Crippen LogP contribution in [0.2, 0.25) is 0 Å². The van der Waals surface area contributed by atoms with E-state index in [1.807, 2.05) is 24.3 Å². The molecule has 1 aromatic carbocycles. The van der Waals surface area contributed by atoms with Gasteiger partial charge in [0.25, 0.3) is 5.91 Å². The van der Waals surface area contributed by atoms with E-state index in [0.29, 0.717) is 0 Å². The normalized spacial score (nSPS) is 18.8. The monoisotopic (exact) mass is 352 g/mol. The fourth-order valence-corrected chi connectivity index (χ4v) is 3.21. The number of amides is 3. The summed E-state index contributed by atoms with van der Waals surface area (Å²) in [5, 5.41) is 2.56. The molecular weight excluding hydrogens is 328 g/mol. The van der Waals surface area contributed by atoms with Gasteiger partial charge in [-0.05, 0) is 23.0 Å². The summed E-state index contributed by atoms with van der Waals surface area (Å²) in [5.74, 6) is -0.499. The van der Waals surface area contributed by atoms with Gasteiger partial charge in [-0.15, -0.1) is 0 Å². The summed E-state index contributed by atoms with van der Waals surface area (Å²) >= 11 is 0. The summed E-state index contributed by atoms with van der Waals surface area (Å²) < 4.78 is 22.4. The molecule has 1 aromatic rings. The second-order valence-corrected chi connectivity index (χ2v) is 9.55. The first kappa shape index (κ1) is 18.4. The van der Waals surface area contributed by atoms with Crippen LogP contribution in [0.3, 0.4) is 0 Å². The zero-order valence-corrected chi connectivity index (χ0v) is 15.3. The predicted molar refractivity (Wildman–Crippen MR) is 92.3 cm³/mol. The minimum absolute atomic E-state index is 0.0378. The molecule has 0 spiro atoms. The molecule has 1 aliphatic rings. The van der Waals surface area contributed by atoms with Gasteiger partial charge in [0.05, 0.1) is 12.3 Å². The van der Waals surface area contributed by atoms with E-state index in [2.05, 4.69) is 26.1 Å². The van der Waals surface area contributed by atoms with Crippen LogP contribution in [0.4, 0.5) is 4.79 Å². The van der Waals surface area contributed by atoms with Gasteiger partial charge in [0.15, 0.2) is 0 Å². The van der Waals surface area contributed by atoms with Gasteiger partial charge in [-0.2, -0.15) is 0 Å². The Morgan fingerprint density at radius 1 is 1.12 bits per heavy atom. The van der Waals surface area contributed by atoms with Gasteiger partial charge in [-0.25, -0.2) is 13.2 Å². The fraction of sp³-hybridized carbons (Fsp3) is 0.529. The number of hydrogen-bond donors (Lipinski definition) is 1. The first-order chi connectivity index (χ1) is 11.0. The molecule has 132 valence electrons. The van der Waals surface area contributed by atoms with Gasteiger partial charge in [0, 0.05) is 6.26 Å². The number of benzene rings is 1. The smallest absolute Gasteiger partial charge is 0.325 e. The van der Waals surface area contributed by atoms with Crippen LogP contribution in [0, 0.1) is 0 Å². The van der Waals surface area contributed by atoms with Crippen LogP contribution in [-0.2, 0) is 26.6 Å². The Bertz CT molecular complexity index is 733. The van der Waals surface area contributed by atoms with Gasteiger partial charge in [0.2, 0.25) is 0 Å². The van der Waals surface area contributed by atoms with Crippen LogP contribution in [0.25, 0.3) is 0 Å². The van der Waals surface area contributed by atoms with Crippen molar-refractivity contribution in [3.63, 3.8) is 0 Å². The molecule has 1 N–H and O–H groups in total. The maximum absolute atomic E-state index is 12.3. The fourth-order valence-electron chi connectivity index (χ4n) is 2.55. The Morgan fingerprint density at radius 3 is 2.21 bits per heavy atom. The lowest BCUT2D eigenvalue weighted by Gasteiger charge is -2.20. The van der Waals surface area contributed by atoms with E-state index >= 15 is 0 Å². The van der Waals surface area contributed by atoms with Crippen LogP contribution in [0.5, 0.6) is 0 Å². The van der Waals surface area contributed by atoms with Crippen LogP contribution in [-0.4, -0.2) is 43.3 Å². The molecule has 7 heteroatoms. The topological polar surface area (TPSA) is 83.6 Å². The number of sulfone groups is 1. The summed E-state index contributed by atoms with van der Waals surface area (Å²) in [6.45, 7) is 6.54. The van der Waals surface area contributed by atoms with Gasteiger partial charge < -0.3 is 5.32 Å². The number of nitrogens with zero attached hydrogens (tertiary/aromatic N) is 1. The third-order valence-electron chi connectivity index (χ3n) is 4.04. The predicted octanol–water partition coefficient (Wildman–Crippen LogP) is 1.84. The second kappa shape index (κ2) is 6.55. The van der Waals surface area contributed by atoms with E-state index in [1.54, 1.807) is 0 Å². The molecule has 0 saturated carbocycles. The largest absolute Gasteiger partial charge is 0.326 e. The van der Waals surface area contributed by atoms with Gasteiger partial charge in [-0.1, -0.05) is 45.0 Å². The van der Waals surface area contributed by atoms with Crippen LogP contribution in [0.1, 0.15) is 38.3 Å².